The number of hydrogen-bond donors (Lipinski definition) is 4. The Kier molecular flexibility index (Phi) is 9.19. The Hall–Kier alpha value is -4.83. The van der Waals surface area contributed by atoms with Gasteiger partial charge in [0.15, 0.2) is 0 Å². The topological polar surface area (TPSA) is 117 Å². The lowest BCUT2D eigenvalue weighted by molar-refractivity contribution is -0.120. The molecular formula is C41H41ClN6O3. The molecule has 0 radical (unpaired) electrons. The van der Waals surface area contributed by atoms with E-state index in [4.69, 9.17) is 11.6 Å². The zero-order valence-electron chi connectivity index (χ0n) is 28.6. The quantitative estimate of drug-likeness (QED) is 0.145. The van der Waals surface area contributed by atoms with E-state index in [1.165, 1.54) is 11.1 Å². The van der Waals surface area contributed by atoms with E-state index in [9.17, 15) is 14.4 Å². The third kappa shape index (κ3) is 6.69. The predicted octanol–water partition coefficient (Wildman–Crippen LogP) is 5.88. The molecule has 2 amide bonds. The molecule has 2 fully saturated rings. The molecule has 2 aromatic heterocycles. The number of carbonyl (C=O) groups excluding carboxylic acids is 2. The average molecular weight is 701 g/mol. The number of benzene rings is 3. The fourth-order valence-electron chi connectivity index (χ4n) is 7.93. The first kappa shape index (κ1) is 33.3. The highest BCUT2D eigenvalue weighted by Gasteiger charge is 2.26. The van der Waals surface area contributed by atoms with Crippen molar-refractivity contribution in [3.63, 3.8) is 0 Å². The fraction of sp³-hybridized carbons (Fsp3) is 0.317. The average Bonchev–Trinajstić information content (AvgIpc) is 3.87. The van der Waals surface area contributed by atoms with E-state index in [1.54, 1.807) is 16.8 Å². The Morgan fingerprint density at radius 3 is 2.27 bits per heavy atom. The second kappa shape index (κ2) is 14.1. The number of hydrogen-bond acceptors (Lipinski definition) is 6. The second-order valence-electron chi connectivity index (χ2n) is 14.0. The van der Waals surface area contributed by atoms with Crippen molar-refractivity contribution in [2.24, 2.45) is 0 Å². The number of pyridine rings is 1. The molecule has 1 aliphatic carbocycles. The number of rotatable bonds is 10. The Bertz CT molecular complexity index is 2230. The van der Waals surface area contributed by atoms with E-state index in [2.05, 4.69) is 81.7 Å². The highest BCUT2D eigenvalue weighted by molar-refractivity contribution is 6.36. The maximum Gasteiger partial charge on any atom is 0.262 e. The van der Waals surface area contributed by atoms with Crippen LogP contribution in [0.3, 0.4) is 0 Å². The van der Waals surface area contributed by atoms with Crippen molar-refractivity contribution in [1.82, 2.24) is 30.7 Å². The predicted molar refractivity (Wildman–Crippen MR) is 201 cm³/mol. The molecule has 3 atom stereocenters. The van der Waals surface area contributed by atoms with Gasteiger partial charge < -0.3 is 21.3 Å². The lowest BCUT2D eigenvalue weighted by atomic mass is 9.91. The van der Waals surface area contributed by atoms with Crippen LogP contribution in [0, 0.1) is 6.92 Å². The van der Waals surface area contributed by atoms with Gasteiger partial charge in [-0.3, -0.25) is 18.8 Å². The van der Waals surface area contributed by atoms with Gasteiger partial charge in [0.05, 0.1) is 5.02 Å². The summed E-state index contributed by atoms with van der Waals surface area (Å²) in [4.78, 5) is 41.0. The van der Waals surface area contributed by atoms with E-state index in [0.717, 1.165) is 71.2 Å². The number of fused-ring (bicyclic) bond motifs is 2. The van der Waals surface area contributed by atoms with Crippen molar-refractivity contribution in [2.75, 3.05) is 13.1 Å². The van der Waals surface area contributed by atoms with Crippen LogP contribution in [0.2, 0.25) is 5.02 Å². The summed E-state index contributed by atoms with van der Waals surface area (Å²) >= 11 is 7.23. The molecule has 3 aromatic carbocycles. The highest BCUT2D eigenvalue weighted by atomic mass is 35.5. The molecule has 3 aliphatic rings. The monoisotopic (exact) mass is 700 g/mol. The zero-order valence-corrected chi connectivity index (χ0v) is 29.4. The van der Waals surface area contributed by atoms with Crippen molar-refractivity contribution in [2.45, 2.75) is 70.1 Å². The van der Waals surface area contributed by atoms with Crippen LogP contribution in [0.4, 0.5) is 0 Å². The number of nitrogens with one attached hydrogen (secondary N) is 4. The molecule has 51 heavy (non-hydrogen) atoms. The molecule has 9 nitrogen and oxygen atoms in total. The van der Waals surface area contributed by atoms with Crippen LogP contribution in [-0.2, 0) is 22.6 Å². The van der Waals surface area contributed by atoms with E-state index < -0.39 is 0 Å². The molecule has 10 heteroatoms. The number of aromatic nitrogens is 2. The van der Waals surface area contributed by atoms with Crippen LogP contribution in [-0.4, -0.2) is 46.4 Å². The molecule has 2 saturated heterocycles. The minimum Gasteiger partial charge on any atom is -0.352 e. The standard InChI is InChI=1S/C41H41ClN6O3/c1-24-31(27-16-17-48-37(19-27)45-21-28(41(48)51)20-43-22-29-10-14-38(49)46-29)4-2-5-32(24)35-7-3-6-34(40(35)42)26-8-12-33-25(18-26)9-13-36(33)44-23-30-11-15-39(50)47-30/h2-8,12,16-19,21,29-30,36,43-44H,9-11,13-15,20,22-23H2,1H3,(H,46,49)(H,47,50)/t29-,30-,36+/m1/s1. The van der Waals surface area contributed by atoms with Crippen molar-refractivity contribution in [3.8, 4) is 33.4 Å². The number of amides is 2. The van der Waals surface area contributed by atoms with Gasteiger partial charge in [0, 0.05) is 79.7 Å². The Labute approximate surface area is 301 Å². The number of aryl methyl sites for hydroxylation is 1. The van der Waals surface area contributed by atoms with Crippen molar-refractivity contribution >= 4 is 29.1 Å². The highest BCUT2D eigenvalue weighted by Crippen LogP contribution is 2.41. The first-order valence-corrected chi connectivity index (χ1v) is 18.3. The third-order valence-electron chi connectivity index (χ3n) is 10.7. The van der Waals surface area contributed by atoms with Gasteiger partial charge in [-0.05, 0) is 83.7 Å². The van der Waals surface area contributed by atoms with Crippen molar-refractivity contribution < 1.29 is 9.59 Å². The lowest BCUT2D eigenvalue weighted by Gasteiger charge is -2.18. The summed E-state index contributed by atoms with van der Waals surface area (Å²) in [5, 5.41) is 13.7. The third-order valence-corrected chi connectivity index (χ3v) is 11.1. The van der Waals surface area contributed by atoms with Gasteiger partial charge >= 0.3 is 0 Å². The second-order valence-corrected chi connectivity index (χ2v) is 14.4. The minimum absolute atomic E-state index is 0.0780. The summed E-state index contributed by atoms with van der Waals surface area (Å²) < 4.78 is 1.58. The zero-order chi connectivity index (χ0) is 35.1. The molecule has 4 heterocycles. The number of halogens is 1. The molecule has 260 valence electrons. The first-order valence-electron chi connectivity index (χ1n) is 17.9. The molecular weight excluding hydrogens is 660 g/mol. The van der Waals surface area contributed by atoms with Gasteiger partial charge in [0.2, 0.25) is 11.8 Å². The van der Waals surface area contributed by atoms with Crippen LogP contribution < -0.4 is 26.8 Å². The lowest BCUT2D eigenvalue weighted by Crippen LogP contribution is -2.36. The summed E-state index contributed by atoms with van der Waals surface area (Å²) in [6, 6.07) is 23.7. The summed E-state index contributed by atoms with van der Waals surface area (Å²) in [6.45, 7) is 3.90. The smallest absolute Gasteiger partial charge is 0.262 e. The molecule has 0 spiro atoms. The van der Waals surface area contributed by atoms with Crippen molar-refractivity contribution in [3.05, 3.63) is 117 Å². The van der Waals surface area contributed by atoms with Gasteiger partial charge in [0.25, 0.3) is 5.56 Å². The van der Waals surface area contributed by atoms with E-state index in [1.807, 2.05) is 18.2 Å². The SMILES string of the molecule is Cc1c(-c2ccn3c(=O)c(CNC[C@H]4CCC(=O)N4)cnc3c2)cccc1-c1cccc(-c2ccc3c(c2)CC[C@@H]3NC[C@H]2CCC(=O)N2)c1Cl. The van der Waals surface area contributed by atoms with Crippen LogP contribution in [0.25, 0.3) is 39.0 Å². The van der Waals surface area contributed by atoms with Gasteiger partial charge in [-0.2, -0.15) is 0 Å². The summed E-state index contributed by atoms with van der Waals surface area (Å²) in [6.07, 6.45) is 8.35. The van der Waals surface area contributed by atoms with Crippen LogP contribution in [0.5, 0.6) is 0 Å². The molecule has 0 unspecified atom stereocenters. The number of carbonyl (C=O) groups is 2. The number of nitrogens with zero attached hydrogens (tertiary/aromatic N) is 2. The summed E-state index contributed by atoms with van der Waals surface area (Å²) in [7, 11) is 0. The maximum absolute atomic E-state index is 13.3. The van der Waals surface area contributed by atoms with Crippen molar-refractivity contribution in [1.29, 1.82) is 0 Å². The van der Waals surface area contributed by atoms with Gasteiger partial charge in [-0.1, -0.05) is 66.2 Å². The first-order chi connectivity index (χ1) is 24.8. The largest absolute Gasteiger partial charge is 0.352 e. The van der Waals surface area contributed by atoms with Gasteiger partial charge in [-0.15, -0.1) is 0 Å². The van der Waals surface area contributed by atoms with E-state index in [0.29, 0.717) is 48.2 Å². The molecule has 8 rings (SSSR count). The fourth-order valence-corrected chi connectivity index (χ4v) is 8.27. The molecule has 4 N–H and O–H groups in total. The molecule has 5 aromatic rings. The molecule has 0 saturated carbocycles. The minimum atomic E-state index is -0.110. The van der Waals surface area contributed by atoms with Gasteiger partial charge in [-0.25, -0.2) is 4.98 Å². The maximum atomic E-state index is 13.3. The Morgan fingerprint density at radius 2 is 1.51 bits per heavy atom. The summed E-state index contributed by atoms with van der Waals surface area (Å²) in [5.41, 5.74) is 10.9. The van der Waals surface area contributed by atoms with Crippen LogP contribution in [0.1, 0.15) is 60.4 Å². The summed E-state index contributed by atoms with van der Waals surface area (Å²) in [5.74, 6) is 0.227. The van der Waals surface area contributed by atoms with Gasteiger partial charge in [0.1, 0.15) is 5.65 Å². The van der Waals surface area contributed by atoms with Crippen LogP contribution in [0.15, 0.2) is 83.9 Å². The van der Waals surface area contributed by atoms with Crippen LogP contribution >= 0.6 is 11.6 Å². The Balaban J connectivity index is 1.01. The van der Waals surface area contributed by atoms with E-state index in [-0.39, 0.29) is 29.5 Å². The molecule has 0 bridgehead atoms. The van der Waals surface area contributed by atoms with E-state index >= 15 is 0 Å². The normalized spacial score (nSPS) is 19.8. The Morgan fingerprint density at radius 1 is 0.804 bits per heavy atom. The molecule has 2 aliphatic heterocycles.